The highest BCUT2D eigenvalue weighted by Gasteiger charge is 2.30. The SMILES string of the molecule is CSc1nnc(NC(=O)[C@H](C)N(c2cc(C)ccc2C)S(C)(=O)=O)s1. The molecule has 1 heterocycles. The molecule has 0 spiro atoms. The number of hydrogen-bond acceptors (Lipinski definition) is 7. The third-order valence-corrected chi connectivity index (χ3v) is 6.54. The maximum atomic E-state index is 12.6. The lowest BCUT2D eigenvalue weighted by atomic mass is 10.1. The van der Waals surface area contributed by atoms with Gasteiger partial charge in [-0.25, -0.2) is 8.42 Å². The lowest BCUT2D eigenvalue weighted by Crippen LogP contribution is -2.45. The van der Waals surface area contributed by atoms with E-state index in [1.807, 2.05) is 32.2 Å². The van der Waals surface area contributed by atoms with Crippen molar-refractivity contribution in [2.24, 2.45) is 0 Å². The second-order valence-electron chi connectivity index (χ2n) is 5.59. The van der Waals surface area contributed by atoms with Crippen LogP contribution in [0.1, 0.15) is 18.1 Å². The molecule has 0 saturated heterocycles. The minimum Gasteiger partial charge on any atom is -0.299 e. The van der Waals surface area contributed by atoms with E-state index in [9.17, 15) is 13.2 Å². The van der Waals surface area contributed by atoms with E-state index in [2.05, 4.69) is 15.5 Å². The number of carbonyl (C=O) groups is 1. The first-order valence-electron chi connectivity index (χ1n) is 7.38. The Kier molecular flexibility index (Phi) is 6.07. The van der Waals surface area contributed by atoms with Gasteiger partial charge in [-0.1, -0.05) is 35.2 Å². The monoisotopic (exact) mass is 400 g/mol. The molecule has 1 aromatic carbocycles. The highest BCUT2D eigenvalue weighted by molar-refractivity contribution is 8.00. The maximum absolute atomic E-state index is 12.6. The molecule has 0 aliphatic carbocycles. The number of thioether (sulfide) groups is 1. The first kappa shape index (κ1) is 19.7. The minimum atomic E-state index is -3.66. The van der Waals surface area contributed by atoms with E-state index in [1.54, 1.807) is 13.0 Å². The van der Waals surface area contributed by atoms with E-state index in [1.165, 1.54) is 23.1 Å². The van der Waals surface area contributed by atoms with Gasteiger partial charge in [0.2, 0.25) is 21.1 Å². The smallest absolute Gasteiger partial charge is 0.249 e. The predicted molar refractivity (Wildman–Crippen MR) is 103 cm³/mol. The van der Waals surface area contributed by atoms with Gasteiger partial charge in [-0.05, 0) is 44.2 Å². The topological polar surface area (TPSA) is 92.3 Å². The van der Waals surface area contributed by atoms with Gasteiger partial charge in [0.25, 0.3) is 0 Å². The molecule has 2 aromatic rings. The van der Waals surface area contributed by atoms with Crippen molar-refractivity contribution in [3.63, 3.8) is 0 Å². The molecule has 1 N–H and O–H groups in total. The Balaban J connectivity index is 2.34. The zero-order valence-corrected chi connectivity index (χ0v) is 17.1. The molecule has 1 atom stereocenters. The van der Waals surface area contributed by atoms with E-state index in [0.717, 1.165) is 26.0 Å². The average molecular weight is 401 g/mol. The molecule has 0 fully saturated rings. The molecule has 0 saturated carbocycles. The summed E-state index contributed by atoms with van der Waals surface area (Å²) in [6.45, 7) is 5.24. The van der Waals surface area contributed by atoms with Crippen LogP contribution in [0.5, 0.6) is 0 Å². The van der Waals surface area contributed by atoms with Crippen LogP contribution in [0.2, 0.25) is 0 Å². The summed E-state index contributed by atoms with van der Waals surface area (Å²) in [6.07, 6.45) is 2.95. The molecule has 10 heteroatoms. The zero-order valence-electron chi connectivity index (χ0n) is 14.6. The lowest BCUT2D eigenvalue weighted by molar-refractivity contribution is -0.116. The average Bonchev–Trinajstić information content (AvgIpc) is 2.97. The molecule has 25 heavy (non-hydrogen) atoms. The van der Waals surface area contributed by atoms with E-state index in [-0.39, 0.29) is 0 Å². The number of aromatic nitrogens is 2. The molecule has 2 rings (SSSR count). The van der Waals surface area contributed by atoms with E-state index in [0.29, 0.717) is 10.8 Å². The third kappa shape index (κ3) is 4.71. The van der Waals surface area contributed by atoms with Crippen molar-refractivity contribution >= 4 is 49.8 Å². The fourth-order valence-corrected chi connectivity index (χ4v) is 4.69. The molecule has 0 aliphatic rings. The number of nitrogens with zero attached hydrogens (tertiary/aromatic N) is 3. The molecule has 0 unspecified atom stereocenters. The number of sulfonamides is 1. The Bertz CT molecular complexity index is 880. The first-order valence-corrected chi connectivity index (χ1v) is 11.3. The number of rotatable bonds is 6. The second kappa shape index (κ2) is 7.71. The molecule has 136 valence electrons. The summed E-state index contributed by atoms with van der Waals surface area (Å²) in [5, 5.41) is 10.8. The van der Waals surface area contributed by atoms with Crippen molar-refractivity contribution in [2.75, 3.05) is 22.1 Å². The Morgan fingerprint density at radius 2 is 2.00 bits per heavy atom. The van der Waals surface area contributed by atoms with Gasteiger partial charge < -0.3 is 0 Å². The molecule has 0 aliphatic heterocycles. The minimum absolute atomic E-state index is 0.343. The Hall–Kier alpha value is -1.65. The van der Waals surface area contributed by atoms with Crippen LogP contribution < -0.4 is 9.62 Å². The van der Waals surface area contributed by atoms with Crippen molar-refractivity contribution in [1.82, 2.24) is 10.2 Å². The standard InChI is InChI=1S/C15H20N4O3S3/c1-9-6-7-10(2)12(8-9)19(25(5,21)22)11(3)13(20)16-14-17-18-15(23-4)24-14/h6-8,11H,1-5H3,(H,16,17,20)/t11-/m0/s1. The van der Waals surface area contributed by atoms with E-state index >= 15 is 0 Å². The van der Waals surface area contributed by atoms with Crippen LogP contribution in [-0.2, 0) is 14.8 Å². The van der Waals surface area contributed by atoms with Gasteiger partial charge in [-0.2, -0.15) is 0 Å². The molecule has 0 radical (unpaired) electrons. The zero-order chi connectivity index (χ0) is 18.8. The Morgan fingerprint density at radius 1 is 1.32 bits per heavy atom. The van der Waals surface area contributed by atoms with Crippen LogP contribution in [0.25, 0.3) is 0 Å². The number of aryl methyl sites for hydroxylation is 2. The normalized spacial score (nSPS) is 12.7. The quantitative estimate of drug-likeness (QED) is 0.592. The molecule has 0 bridgehead atoms. The van der Waals surface area contributed by atoms with Crippen LogP contribution in [-0.4, -0.2) is 43.1 Å². The van der Waals surface area contributed by atoms with Crippen LogP contribution in [0.15, 0.2) is 22.5 Å². The largest absolute Gasteiger partial charge is 0.299 e. The van der Waals surface area contributed by atoms with Gasteiger partial charge in [0.1, 0.15) is 6.04 Å². The maximum Gasteiger partial charge on any atom is 0.249 e. The number of anilines is 2. The van der Waals surface area contributed by atoms with Gasteiger partial charge in [0.05, 0.1) is 11.9 Å². The first-order chi connectivity index (χ1) is 11.6. The van der Waals surface area contributed by atoms with Gasteiger partial charge in [0.15, 0.2) is 4.34 Å². The summed E-state index contributed by atoms with van der Waals surface area (Å²) in [4.78, 5) is 12.6. The summed E-state index contributed by atoms with van der Waals surface area (Å²) in [5.41, 5.74) is 2.18. The summed E-state index contributed by atoms with van der Waals surface area (Å²) in [6, 6.07) is 4.56. The molecular weight excluding hydrogens is 380 g/mol. The van der Waals surface area contributed by atoms with E-state index < -0.39 is 22.0 Å². The Morgan fingerprint density at radius 3 is 2.56 bits per heavy atom. The van der Waals surface area contributed by atoms with E-state index in [4.69, 9.17) is 0 Å². The molecule has 7 nitrogen and oxygen atoms in total. The number of hydrogen-bond donors (Lipinski definition) is 1. The number of nitrogens with one attached hydrogen (secondary N) is 1. The van der Waals surface area contributed by atoms with Crippen molar-refractivity contribution in [1.29, 1.82) is 0 Å². The summed E-state index contributed by atoms with van der Waals surface area (Å²) in [5.74, 6) is -0.463. The van der Waals surface area contributed by atoms with Crippen molar-refractivity contribution in [3.8, 4) is 0 Å². The van der Waals surface area contributed by atoms with Gasteiger partial charge in [-0.3, -0.25) is 14.4 Å². The predicted octanol–water partition coefficient (Wildman–Crippen LogP) is 2.67. The van der Waals surface area contributed by atoms with Crippen LogP contribution in [0, 0.1) is 13.8 Å². The van der Waals surface area contributed by atoms with Crippen LogP contribution in [0.3, 0.4) is 0 Å². The third-order valence-electron chi connectivity index (χ3n) is 3.50. The summed E-state index contributed by atoms with van der Waals surface area (Å²) >= 11 is 2.66. The number of amides is 1. The van der Waals surface area contributed by atoms with Crippen molar-refractivity contribution in [2.45, 2.75) is 31.2 Å². The lowest BCUT2D eigenvalue weighted by Gasteiger charge is -2.29. The summed E-state index contributed by atoms with van der Waals surface area (Å²) < 4.78 is 26.6. The highest BCUT2D eigenvalue weighted by Crippen LogP contribution is 2.27. The van der Waals surface area contributed by atoms with Gasteiger partial charge >= 0.3 is 0 Å². The molecule has 1 amide bonds. The second-order valence-corrected chi connectivity index (χ2v) is 9.48. The highest BCUT2D eigenvalue weighted by atomic mass is 32.2. The van der Waals surface area contributed by atoms with Crippen molar-refractivity contribution in [3.05, 3.63) is 29.3 Å². The summed E-state index contributed by atoms with van der Waals surface area (Å²) in [7, 11) is -3.66. The van der Waals surface area contributed by atoms with Crippen LogP contribution >= 0.6 is 23.1 Å². The number of benzene rings is 1. The van der Waals surface area contributed by atoms with Crippen LogP contribution in [0.4, 0.5) is 10.8 Å². The fourth-order valence-electron chi connectivity index (χ4n) is 2.29. The van der Waals surface area contributed by atoms with Gasteiger partial charge in [0, 0.05) is 0 Å². The van der Waals surface area contributed by atoms with Crippen molar-refractivity contribution < 1.29 is 13.2 Å². The molecular formula is C15H20N4O3S3. The Labute approximate surface area is 155 Å². The molecule has 1 aromatic heterocycles. The fraction of sp³-hybridized carbons (Fsp3) is 0.400. The number of carbonyl (C=O) groups excluding carboxylic acids is 1. The van der Waals surface area contributed by atoms with Gasteiger partial charge in [-0.15, -0.1) is 10.2 Å².